The third-order valence-electron chi connectivity index (χ3n) is 4.59. The molecule has 1 aliphatic rings. The second-order valence-corrected chi connectivity index (χ2v) is 6.02. The lowest BCUT2D eigenvalue weighted by molar-refractivity contribution is -0.143. The van der Waals surface area contributed by atoms with Crippen LogP contribution in [0.25, 0.3) is 0 Å². The molecule has 0 aliphatic heterocycles. The van der Waals surface area contributed by atoms with Crippen molar-refractivity contribution in [2.45, 2.75) is 44.6 Å². The summed E-state index contributed by atoms with van der Waals surface area (Å²) < 4.78 is 0. The third-order valence-corrected chi connectivity index (χ3v) is 4.59. The van der Waals surface area contributed by atoms with Gasteiger partial charge in [-0.05, 0) is 30.7 Å². The first-order chi connectivity index (χ1) is 10.0. The zero-order chi connectivity index (χ0) is 15.4. The van der Waals surface area contributed by atoms with E-state index in [9.17, 15) is 15.0 Å². The van der Waals surface area contributed by atoms with Crippen LogP contribution < -0.4 is 0 Å². The molecule has 114 valence electrons. The highest BCUT2D eigenvalue weighted by atomic mass is 16.4. The maximum atomic E-state index is 11.6. The fraction of sp³-hybridized carbons (Fsp3) is 0.500. The molecule has 0 saturated heterocycles. The molecule has 1 aliphatic carbocycles. The van der Waals surface area contributed by atoms with Gasteiger partial charge in [0.1, 0.15) is 0 Å². The molecule has 0 bridgehead atoms. The van der Waals surface area contributed by atoms with E-state index in [-0.39, 0.29) is 11.8 Å². The van der Waals surface area contributed by atoms with Crippen molar-refractivity contribution in [3.05, 3.63) is 48.0 Å². The maximum Gasteiger partial charge on any atom is 0.307 e. The average molecular weight is 288 g/mol. The zero-order valence-electron chi connectivity index (χ0n) is 12.5. The molecule has 0 aromatic heterocycles. The van der Waals surface area contributed by atoms with Gasteiger partial charge < -0.3 is 10.2 Å². The van der Waals surface area contributed by atoms with Crippen LogP contribution in [0, 0.1) is 11.8 Å². The van der Waals surface area contributed by atoms with Crippen molar-refractivity contribution in [1.82, 2.24) is 0 Å². The summed E-state index contributed by atoms with van der Waals surface area (Å²) in [7, 11) is 0. The van der Waals surface area contributed by atoms with E-state index in [4.69, 9.17) is 0 Å². The number of aliphatic carboxylic acids is 1. The lowest BCUT2D eigenvalue weighted by Crippen LogP contribution is -2.35. The monoisotopic (exact) mass is 288 g/mol. The molecule has 21 heavy (non-hydrogen) atoms. The molecule has 2 N–H and O–H groups in total. The number of aliphatic hydroxyl groups excluding tert-OH is 1. The van der Waals surface area contributed by atoms with Gasteiger partial charge in [-0.2, -0.15) is 0 Å². The SMILES string of the molecule is C=C1C[C@H](C(=O)O)[C@@H](c2ccccc2)C[C@H]1[C@@H](O)CCC. The molecule has 3 nitrogen and oxygen atoms in total. The van der Waals surface area contributed by atoms with Gasteiger partial charge in [-0.3, -0.25) is 4.79 Å². The number of hydrogen-bond acceptors (Lipinski definition) is 2. The Morgan fingerprint density at radius 1 is 1.38 bits per heavy atom. The fourth-order valence-electron chi connectivity index (χ4n) is 3.43. The summed E-state index contributed by atoms with van der Waals surface area (Å²) in [5, 5.41) is 19.8. The first-order valence-electron chi connectivity index (χ1n) is 7.68. The van der Waals surface area contributed by atoms with Crippen LogP contribution in [-0.2, 0) is 4.79 Å². The van der Waals surface area contributed by atoms with Gasteiger partial charge in [-0.15, -0.1) is 0 Å². The van der Waals surface area contributed by atoms with Crippen LogP contribution in [0.3, 0.4) is 0 Å². The van der Waals surface area contributed by atoms with Gasteiger partial charge in [0.15, 0.2) is 0 Å². The molecular weight excluding hydrogens is 264 g/mol. The van der Waals surface area contributed by atoms with Crippen molar-refractivity contribution in [2.75, 3.05) is 0 Å². The number of rotatable bonds is 5. The van der Waals surface area contributed by atoms with Crippen LogP contribution in [0.4, 0.5) is 0 Å². The Morgan fingerprint density at radius 2 is 2.05 bits per heavy atom. The Balaban J connectivity index is 2.26. The molecular formula is C18H24O3. The molecule has 2 rings (SSSR count). The number of carboxylic acids is 1. The van der Waals surface area contributed by atoms with Gasteiger partial charge >= 0.3 is 5.97 Å². The first-order valence-corrected chi connectivity index (χ1v) is 7.68. The van der Waals surface area contributed by atoms with E-state index in [1.807, 2.05) is 37.3 Å². The van der Waals surface area contributed by atoms with E-state index >= 15 is 0 Å². The molecule has 0 heterocycles. The van der Waals surface area contributed by atoms with Crippen molar-refractivity contribution >= 4 is 5.97 Å². The smallest absolute Gasteiger partial charge is 0.307 e. The summed E-state index contributed by atoms with van der Waals surface area (Å²) in [4.78, 5) is 11.6. The molecule has 1 fully saturated rings. The van der Waals surface area contributed by atoms with Gasteiger partial charge in [-0.1, -0.05) is 55.8 Å². The predicted octanol–water partition coefficient (Wildman–Crippen LogP) is 3.60. The summed E-state index contributed by atoms with van der Waals surface area (Å²) in [5.41, 5.74) is 1.93. The van der Waals surface area contributed by atoms with Crippen molar-refractivity contribution in [3.8, 4) is 0 Å². The van der Waals surface area contributed by atoms with E-state index in [0.717, 1.165) is 24.0 Å². The summed E-state index contributed by atoms with van der Waals surface area (Å²) in [6.07, 6.45) is 2.37. The van der Waals surface area contributed by atoms with Gasteiger partial charge in [0, 0.05) is 5.92 Å². The van der Waals surface area contributed by atoms with Crippen molar-refractivity contribution in [2.24, 2.45) is 11.8 Å². The number of hydrogen-bond donors (Lipinski definition) is 2. The first kappa shape index (κ1) is 15.8. The van der Waals surface area contributed by atoms with E-state index in [1.165, 1.54) is 0 Å². The largest absolute Gasteiger partial charge is 0.481 e. The summed E-state index contributed by atoms with van der Waals surface area (Å²) in [6, 6.07) is 9.78. The Bertz CT molecular complexity index is 494. The van der Waals surface area contributed by atoms with Crippen molar-refractivity contribution < 1.29 is 15.0 Å². The van der Waals surface area contributed by atoms with Gasteiger partial charge in [0.25, 0.3) is 0 Å². The minimum absolute atomic E-state index is 0.00533. The zero-order valence-corrected chi connectivity index (χ0v) is 12.5. The Morgan fingerprint density at radius 3 is 2.62 bits per heavy atom. The summed E-state index contributed by atoms with van der Waals surface area (Å²) >= 11 is 0. The minimum Gasteiger partial charge on any atom is -0.481 e. The number of carboxylic acid groups (broad SMARTS) is 1. The number of benzene rings is 1. The van der Waals surface area contributed by atoms with Crippen LogP contribution in [0.1, 0.15) is 44.1 Å². The molecule has 0 amide bonds. The lowest BCUT2D eigenvalue weighted by atomic mass is 9.67. The Hall–Kier alpha value is -1.61. The third kappa shape index (κ3) is 3.53. The molecule has 3 heteroatoms. The van der Waals surface area contributed by atoms with Crippen LogP contribution >= 0.6 is 0 Å². The highest BCUT2D eigenvalue weighted by molar-refractivity contribution is 5.72. The van der Waals surface area contributed by atoms with E-state index < -0.39 is 18.0 Å². The second-order valence-electron chi connectivity index (χ2n) is 6.02. The Labute approximate surface area is 126 Å². The fourth-order valence-corrected chi connectivity index (χ4v) is 3.43. The molecule has 0 unspecified atom stereocenters. The number of carbonyl (C=O) groups is 1. The topological polar surface area (TPSA) is 57.5 Å². The predicted molar refractivity (Wildman–Crippen MR) is 83.1 cm³/mol. The van der Waals surface area contributed by atoms with Gasteiger partial charge in [0.05, 0.1) is 12.0 Å². The van der Waals surface area contributed by atoms with Gasteiger partial charge in [-0.25, -0.2) is 0 Å². The number of aliphatic hydroxyl groups is 1. The highest BCUT2D eigenvalue weighted by Crippen LogP contribution is 2.44. The summed E-state index contributed by atoms with van der Waals surface area (Å²) in [5.74, 6) is -1.25. The minimum atomic E-state index is -0.770. The lowest BCUT2D eigenvalue weighted by Gasteiger charge is -2.38. The van der Waals surface area contributed by atoms with Crippen molar-refractivity contribution in [3.63, 3.8) is 0 Å². The molecule has 4 atom stereocenters. The van der Waals surface area contributed by atoms with Gasteiger partial charge in [0.2, 0.25) is 0 Å². The normalized spacial score (nSPS) is 27.3. The highest BCUT2D eigenvalue weighted by Gasteiger charge is 2.39. The van der Waals surface area contributed by atoms with Crippen LogP contribution in [0.5, 0.6) is 0 Å². The van der Waals surface area contributed by atoms with E-state index in [0.29, 0.717) is 12.8 Å². The van der Waals surface area contributed by atoms with Crippen LogP contribution in [0.2, 0.25) is 0 Å². The van der Waals surface area contributed by atoms with Crippen LogP contribution in [-0.4, -0.2) is 22.3 Å². The molecule has 1 aromatic carbocycles. The standard InChI is InChI=1S/C18H24O3/c1-3-7-17(19)14-11-15(13-8-5-4-6-9-13)16(18(20)21)10-12(14)2/h4-6,8-9,14-17,19H,2-3,7,10-11H2,1H3,(H,20,21)/t14-,15-,16+,17+/m1/s1. The quantitative estimate of drug-likeness (QED) is 0.814. The van der Waals surface area contributed by atoms with E-state index in [1.54, 1.807) is 0 Å². The second kappa shape index (κ2) is 6.90. The molecule has 1 saturated carbocycles. The molecule has 1 aromatic rings. The maximum absolute atomic E-state index is 11.6. The van der Waals surface area contributed by atoms with Crippen LogP contribution in [0.15, 0.2) is 42.5 Å². The summed E-state index contributed by atoms with van der Waals surface area (Å²) in [6.45, 7) is 6.08. The molecule has 0 radical (unpaired) electrons. The molecule has 0 spiro atoms. The van der Waals surface area contributed by atoms with E-state index in [2.05, 4.69) is 6.58 Å². The Kier molecular flexibility index (Phi) is 5.18. The average Bonchev–Trinajstić information content (AvgIpc) is 2.48. The van der Waals surface area contributed by atoms with Crippen molar-refractivity contribution in [1.29, 1.82) is 0 Å².